The molecular weight excluding hydrogens is 368 g/mol. The molecule has 158 valence electrons. The van der Waals surface area contributed by atoms with Gasteiger partial charge in [0, 0.05) is 36.5 Å². The minimum atomic E-state index is -0.524. The molecule has 7 heteroatoms. The molecule has 1 saturated heterocycles. The van der Waals surface area contributed by atoms with Gasteiger partial charge in [-0.2, -0.15) is 0 Å². The number of aliphatic hydroxyl groups is 1. The number of methoxy groups -OCH3 is 1. The van der Waals surface area contributed by atoms with E-state index in [9.17, 15) is 5.11 Å². The first-order chi connectivity index (χ1) is 14.0. The van der Waals surface area contributed by atoms with Crippen molar-refractivity contribution >= 4 is 0 Å². The van der Waals surface area contributed by atoms with Gasteiger partial charge in [0.15, 0.2) is 0 Å². The summed E-state index contributed by atoms with van der Waals surface area (Å²) in [6.07, 6.45) is 5.09. The molecule has 0 aliphatic carbocycles. The fraction of sp³-hybridized carbons (Fsp3) is 0.545. The van der Waals surface area contributed by atoms with Crippen LogP contribution < -0.4 is 9.47 Å². The first kappa shape index (κ1) is 21.5. The first-order valence-electron chi connectivity index (χ1n) is 10.2. The fourth-order valence-corrected chi connectivity index (χ4v) is 3.78. The van der Waals surface area contributed by atoms with E-state index >= 15 is 0 Å². The summed E-state index contributed by atoms with van der Waals surface area (Å²) in [5.74, 6) is 2.12. The highest BCUT2D eigenvalue weighted by Gasteiger charge is 2.22. The van der Waals surface area contributed by atoms with Crippen molar-refractivity contribution < 1.29 is 14.6 Å². The molecule has 0 amide bonds. The number of piperidine rings is 1. The largest absolute Gasteiger partial charge is 0.497 e. The molecule has 0 unspecified atom stereocenters. The Balaban J connectivity index is 1.60. The average molecular weight is 401 g/mol. The van der Waals surface area contributed by atoms with Gasteiger partial charge in [0.05, 0.1) is 7.11 Å². The number of benzene rings is 1. The Morgan fingerprint density at radius 1 is 1.24 bits per heavy atom. The number of hydrogen-bond donors (Lipinski definition) is 1. The summed E-state index contributed by atoms with van der Waals surface area (Å²) in [5, 5.41) is 10.1. The van der Waals surface area contributed by atoms with Crippen molar-refractivity contribution in [2.45, 2.75) is 31.4 Å². The molecule has 1 aromatic heterocycles. The van der Waals surface area contributed by atoms with Crippen LogP contribution in [0.3, 0.4) is 0 Å². The van der Waals surface area contributed by atoms with E-state index < -0.39 is 6.10 Å². The molecule has 1 aliphatic rings. The molecule has 1 fully saturated rings. The predicted octanol–water partition coefficient (Wildman–Crippen LogP) is 2.17. The highest BCUT2D eigenvalue weighted by atomic mass is 16.5. The molecule has 7 nitrogen and oxygen atoms in total. The van der Waals surface area contributed by atoms with Crippen LogP contribution in [0.2, 0.25) is 0 Å². The van der Waals surface area contributed by atoms with Gasteiger partial charge in [-0.05, 0) is 64.3 Å². The van der Waals surface area contributed by atoms with E-state index in [1.165, 1.54) is 0 Å². The lowest BCUT2D eigenvalue weighted by atomic mass is 9.93. The zero-order valence-corrected chi connectivity index (χ0v) is 17.6. The van der Waals surface area contributed by atoms with Crippen LogP contribution in [0.25, 0.3) is 0 Å². The van der Waals surface area contributed by atoms with E-state index in [1.807, 2.05) is 49.5 Å². The van der Waals surface area contributed by atoms with Crippen LogP contribution in [0.1, 0.15) is 30.0 Å². The van der Waals surface area contributed by atoms with E-state index in [2.05, 4.69) is 14.9 Å². The number of hydrogen-bond acceptors (Lipinski definition) is 7. The average Bonchev–Trinajstić information content (AvgIpc) is 2.73. The summed E-state index contributed by atoms with van der Waals surface area (Å²) < 4.78 is 11.4. The Kier molecular flexibility index (Phi) is 7.80. The van der Waals surface area contributed by atoms with Crippen LogP contribution in [-0.2, 0) is 6.54 Å². The summed E-state index contributed by atoms with van der Waals surface area (Å²) in [6.45, 7) is 3.66. The van der Waals surface area contributed by atoms with Crippen molar-refractivity contribution in [3.63, 3.8) is 0 Å². The van der Waals surface area contributed by atoms with E-state index in [0.717, 1.165) is 55.2 Å². The standard InChI is InChI=1S/C22H32N4O3/c1-25(2)14-19(27)15-29-22-5-4-20(28-3)12-18(22)13-26-10-7-17(8-11-26)21-6-9-23-16-24-21/h4-6,9,12,16-17,19,27H,7-8,10-11,13-15H2,1-3H3/t19-/m0/s1. The van der Waals surface area contributed by atoms with Crippen LogP contribution >= 0.6 is 0 Å². The number of aliphatic hydroxyl groups excluding tert-OH is 1. The Labute approximate surface area is 173 Å². The maximum absolute atomic E-state index is 10.1. The number of ether oxygens (including phenoxy) is 2. The highest BCUT2D eigenvalue weighted by Crippen LogP contribution is 2.30. The number of aromatic nitrogens is 2. The molecular formula is C22H32N4O3. The monoisotopic (exact) mass is 400 g/mol. The molecule has 0 radical (unpaired) electrons. The molecule has 1 aliphatic heterocycles. The maximum Gasteiger partial charge on any atom is 0.124 e. The first-order valence-corrected chi connectivity index (χ1v) is 10.2. The molecule has 0 spiro atoms. The lowest BCUT2D eigenvalue weighted by molar-refractivity contribution is 0.0820. The molecule has 29 heavy (non-hydrogen) atoms. The van der Waals surface area contributed by atoms with Crippen LogP contribution in [0.4, 0.5) is 0 Å². The SMILES string of the molecule is COc1ccc(OC[C@@H](O)CN(C)C)c(CN2CCC(c3ccncn3)CC2)c1. The minimum Gasteiger partial charge on any atom is -0.497 e. The Morgan fingerprint density at radius 3 is 2.69 bits per heavy atom. The summed E-state index contributed by atoms with van der Waals surface area (Å²) >= 11 is 0. The van der Waals surface area contributed by atoms with Crippen LogP contribution in [0, 0.1) is 0 Å². The molecule has 2 heterocycles. The predicted molar refractivity (Wildman–Crippen MR) is 112 cm³/mol. The molecule has 0 bridgehead atoms. The van der Waals surface area contributed by atoms with Gasteiger partial charge in [0.2, 0.25) is 0 Å². The number of rotatable bonds is 9. The Bertz CT molecular complexity index is 749. The summed E-state index contributed by atoms with van der Waals surface area (Å²) in [6, 6.07) is 7.89. The Hall–Kier alpha value is -2.22. The summed E-state index contributed by atoms with van der Waals surface area (Å²) in [5.41, 5.74) is 2.22. The van der Waals surface area contributed by atoms with E-state index in [-0.39, 0.29) is 6.61 Å². The topological polar surface area (TPSA) is 71.0 Å². The lowest BCUT2D eigenvalue weighted by Crippen LogP contribution is -2.33. The third-order valence-electron chi connectivity index (χ3n) is 5.28. The van der Waals surface area contributed by atoms with Crippen molar-refractivity contribution in [2.75, 3.05) is 47.4 Å². The lowest BCUT2D eigenvalue weighted by Gasteiger charge is -2.32. The third kappa shape index (κ3) is 6.39. The van der Waals surface area contributed by atoms with Crippen LogP contribution in [-0.4, -0.2) is 78.4 Å². The molecule has 1 N–H and O–H groups in total. The van der Waals surface area contributed by atoms with Crippen molar-refractivity contribution in [2.24, 2.45) is 0 Å². The van der Waals surface area contributed by atoms with Gasteiger partial charge in [-0.1, -0.05) is 0 Å². The quantitative estimate of drug-likeness (QED) is 0.692. The van der Waals surface area contributed by atoms with Crippen molar-refractivity contribution in [1.29, 1.82) is 0 Å². The second kappa shape index (κ2) is 10.5. The second-order valence-electron chi connectivity index (χ2n) is 7.89. The second-order valence-corrected chi connectivity index (χ2v) is 7.89. The number of likely N-dealkylation sites (tertiary alicyclic amines) is 1. The molecule has 1 atom stereocenters. The van der Waals surface area contributed by atoms with Gasteiger partial charge in [-0.3, -0.25) is 4.90 Å². The van der Waals surface area contributed by atoms with Crippen molar-refractivity contribution in [3.8, 4) is 11.5 Å². The van der Waals surface area contributed by atoms with E-state index in [0.29, 0.717) is 12.5 Å². The van der Waals surface area contributed by atoms with Gasteiger partial charge in [-0.15, -0.1) is 0 Å². The zero-order chi connectivity index (χ0) is 20.6. The van der Waals surface area contributed by atoms with E-state index in [1.54, 1.807) is 13.4 Å². The highest BCUT2D eigenvalue weighted by molar-refractivity contribution is 5.40. The van der Waals surface area contributed by atoms with Gasteiger partial charge in [0.25, 0.3) is 0 Å². The van der Waals surface area contributed by atoms with Gasteiger partial charge in [0.1, 0.15) is 30.5 Å². The number of likely N-dealkylation sites (N-methyl/N-ethyl adjacent to an activating group) is 1. The van der Waals surface area contributed by atoms with Gasteiger partial charge in [-0.25, -0.2) is 9.97 Å². The molecule has 2 aromatic rings. The summed E-state index contributed by atoms with van der Waals surface area (Å²) in [4.78, 5) is 12.8. The Morgan fingerprint density at radius 2 is 2.03 bits per heavy atom. The molecule has 3 rings (SSSR count). The zero-order valence-electron chi connectivity index (χ0n) is 17.6. The molecule has 1 aromatic carbocycles. The minimum absolute atomic E-state index is 0.271. The number of nitrogens with zero attached hydrogens (tertiary/aromatic N) is 4. The van der Waals surface area contributed by atoms with Crippen molar-refractivity contribution in [3.05, 3.63) is 48.0 Å². The van der Waals surface area contributed by atoms with Gasteiger partial charge < -0.3 is 19.5 Å². The molecule has 0 saturated carbocycles. The maximum atomic E-state index is 10.1. The summed E-state index contributed by atoms with van der Waals surface area (Å²) in [7, 11) is 5.55. The van der Waals surface area contributed by atoms with Crippen LogP contribution in [0.5, 0.6) is 11.5 Å². The fourth-order valence-electron chi connectivity index (χ4n) is 3.78. The third-order valence-corrected chi connectivity index (χ3v) is 5.28. The van der Waals surface area contributed by atoms with Crippen LogP contribution in [0.15, 0.2) is 36.8 Å². The smallest absolute Gasteiger partial charge is 0.124 e. The van der Waals surface area contributed by atoms with Gasteiger partial charge >= 0.3 is 0 Å². The van der Waals surface area contributed by atoms with Crippen molar-refractivity contribution in [1.82, 2.24) is 19.8 Å². The normalized spacial score (nSPS) is 16.7. The van der Waals surface area contributed by atoms with E-state index in [4.69, 9.17) is 9.47 Å².